The monoisotopic (exact) mass is 355 g/mol. The van der Waals surface area contributed by atoms with Gasteiger partial charge in [0.05, 0.1) is 18.3 Å². The van der Waals surface area contributed by atoms with Gasteiger partial charge in [-0.1, -0.05) is 17.7 Å². The van der Waals surface area contributed by atoms with E-state index in [0.29, 0.717) is 12.2 Å². The zero-order chi connectivity index (χ0) is 17.6. The lowest BCUT2D eigenvalue weighted by Crippen LogP contribution is -2.38. The molecular formula is C19H21N3O2S. The molecule has 130 valence electrons. The summed E-state index contributed by atoms with van der Waals surface area (Å²) in [4.78, 5) is 20.3. The fourth-order valence-corrected chi connectivity index (χ4v) is 4.37. The molecule has 1 aliphatic rings. The highest BCUT2D eigenvalue weighted by atomic mass is 32.1. The van der Waals surface area contributed by atoms with Crippen molar-refractivity contribution in [1.29, 1.82) is 0 Å². The molecule has 0 saturated carbocycles. The molecule has 1 saturated heterocycles. The number of amides is 1. The number of nitrogens with zero attached hydrogens (tertiary/aromatic N) is 3. The third-order valence-electron chi connectivity index (χ3n) is 4.95. The van der Waals surface area contributed by atoms with Crippen LogP contribution in [-0.2, 0) is 0 Å². The Morgan fingerprint density at radius 1 is 1.40 bits per heavy atom. The van der Waals surface area contributed by atoms with Crippen LogP contribution in [0, 0.1) is 13.8 Å². The van der Waals surface area contributed by atoms with Crippen LogP contribution < -0.4 is 0 Å². The van der Waals surface area contributed by atoms with E-state index in [-0.39, 0.29) is 18.6 Å². The van der Waals surface area contributed by atoms with Crippen LogP contribution in [0.15, 0.2) is 29.8 Å². The van der Waals surface area contributed by atoms with Crippen molar-refractivity contribution < 1.29 is 9.90 Å². The Morgan fingerprint density at radius 2 is 2.24 bits per heavy atom. The number of aryl methyl sites for hydroxylation is 2. The first-order chi connectivity index (χ1) is 12.1. The molecule has 0 bridgehead atoms. The van der Waals surface area contributed by atoms with E-state index in [1.54, 1.807) is 4.90 Å². The van der Waals surface area contributed by atoms with Gasteiger partial charge in [-0.15, -0.1) is 11.3 Å². The summed E-state index contributed by atoms with van der Waals surface area (Å²) in [7, 11) is 0. The van der Waals surface area contributed by atoms with Gasteiger partial charge in [0.25, 0.3) is 5.91 Å². The molecule has 0 radical (unpaired) electrons. The Bertz CT molecular complexity index is 943. The quantitative estimate of drug-likeness (QED) is 0.784. The van der Waals surface area contributed by atoms with Crippen molar-refractivity contribution in [2.75, 3.05) is 13.2 Å². The van der Waals surface area contributed by atoms with Gasteiger partial charge in [0.1, 0.15) is 5.69 Å². The van der Waals surface area contributed by atoms with E-state index in [1.165, 1.54) is 22.5 Å². The number of fused-ring (bicyclic) bond motifs is 1. The summed E-state index contributed by atoms with van der Waals surface area (Å²) < 4.78 is 1.89. The average Bonchev–Trinajstić information content (AvgIpc) is 3.30. The van der Waals surface area contributed by atoms with Crippen LogP contribution in [0.25, 0.3) is 16.2 Å². The molecule has 1 aliphatic heterocycles. The van der Waals surface area contributed by atoms with Gasteiger partial charge in [-0.25, -0.2) is 4.98 Å². The Labute approximate surface area is 150 Å². The zero-order valence-electron chi connectivity index (χ0n) is 14.4. The normalized spacial score (nSPS) is 17.6. The fraction of sp³-hybridized carbons (Fsp3) is 0.368. The fourth-order valence-electron chi connectivity index (χ4n) is 3.52. The summed E-state index contributed by atoms with van der Waals surface area (Å²) in [6.45, 7) is 4.87. The number of hydrogen-bond donors (Lipinski definition) is 1. The first-order valence-corrected chi connectivity index (χ1v) is 9.42. The third kappa shape index (κ3) is 2.75. The number of aliphatic hydroxyl groups excluding tert-OH is 1. The van der Waals surface area contributed by atoms with Crippen LogP contribution in [0.3, 0.4) is 0 Å². The van der Waals surface area contributed by atoms with Crippen LogP contribution in [0.1, 0.15) is 34.5 Å². The van der Waals surface area contributed by atoms with E-state index in [1.807, 2.05) is 16.0 Å². The molecule has 3 aromatic rings. The maximum atomic E-state index is 12.9. The zero-order valence-corrected chi connectivity index (χ0v) is 15.2. The minimum Gasteiger partial charge on any atom is -0.394 e. The van der Waals surface area contributed by atoms with Crippen molar-refractivity contribution in [3.05, 3.63) is 46.6 Å². The van der Waals surface area contributed by atoms with Gasteiger partial charge in [0.2, 0.25) is 0 Å². The Balaban J connectivity index is 1.74. The Hall–Kier alpha value is -2.18. The second-order valence-electron chi connectivity index (χ2n) is 6.70. The first kappa shape index (κ1) is 16.3. The highest BCUT2D eigenvalue weighted by Crippen LogP contribution is 2.28. The number of aromatic nitrogens is 2. The number of likely N-dealkylation sites (tertiary alicyclic amines) is 1. The number of hydrogen-bond acceptors (Lipinski definition) is 4. The van der Waals surface area contributed by atoms with Gasteiger partial charge in [0.15, 0.2) is 4.96 Å². The van der Waals surface area contributed by atoms with E-state index in [2.05, 4.69) is 32.0 Å². The van der Waals surface area contributed by atoms with Crippen LogP contribution in [0.5, 0.6) is 0 Å². The number of imidazole rings is 1. The number of carbonyl (C=O) groups excluding carboxylic acids is 1. The van der Waals surface area contributed by atoms with Crippen molar-refractivity contribution in [2.24, 2.45) is 0 Å². The van der Waals surface area contributed by atoms with Crippen molar-refractivity contribution >= 4 is 22.2 Å². The molecule has 1 N–H and O–H groups in total. The topological polar surface area (TPSA) is 57.8 Å². The van der Waals surface area contributed by atoms with Crippen LogP contribution >= 0.6 is 11.3 Å². The van der Waals surface area contributed by atoms with Crippen molar-refractivity contribution in [3.8, 4) is 11.3 Å². The van der Waals surface area contributed by atoms with Crippen LogP contribution in [-0.4, -0.2) is 44.5 Å². The summed E-state index contributed by atoms with van der Waals surface area (Å²) >= 11 is 1.48. The van der Waals surface area contributed by atoms with E-state index in [9.17, 15) is 9.90 Å². The Kier molecular flexibility index (Phi) is 4.09. The summed E-state index contributed by atoms with van der Waals surface area (Å²) in [6.07, 6.45) is 3.76. The van der Waals surface area contributed by atoms with Gasteiger partial charge < -0.3 is 10.0 Å². The second-order valence-corrected chi connectivity index (χ2v) is 7.53. The third-order valence-corrected chi connectivity index (χ3v) is 5.79. The summed E-state index contributed by atoms with van der Waals surface area (Å²) in [5.41, 5.74) is 4.98. The van der Waals surface area contributed by atoms with Gasteiger partial charge in [-0.05, 0) is 38.3 Å². The molecule has 0 aliphatic carbocycles. The summed E-state index contributed by atoms with van der Waals surface area (Å²) in [5, 5.41) is 11.4. The smallest absolute Gasteiger partial charge is 0.272 e. The highest BCUT2D eigenvalue weighted by Gasteiger charge is 2.30. The lowest BCUT2D eigenvalue weighted by molar-refractivity contribution is 0.0671. The predicted molar refractivity (Wildman–Crippen MR) is 99.1 cm³/mol. The molecular weight excluding hydrogens is 334 g/mol. The molecule has 2 aromatic heterocycles. The predicted octanol–water partition coefficient (Wildman–Crippen LogP) is 3.28. The second kappa shape index (κ2) is 6.28. The summed E-state index contributed by atoms with van der Waals surface area (Å²) in [5.74, 6) is -0.0206. The van der Waals surface area contributed by atoms with Gasteiger partial charge >= 0.3 is 0 Å². The molecule has 6 heteroatoms. The number of aliphatic hydroxyl groups is 1. The molecule has 4 rings (SSSR count). The maximum Gasteiger partial charge on any atom is 0.272 e. The van der Waals surface area contributed by atoms with Crippen molar-refractivity contribution in [3.63, 3.8) is 0 Å². The van der Waals surface area contributed by atoms with E-state index in [0.717, 1.165) is 29.1 Å². The molecule has 3 heterocycles. The molecule has 1 amide bonds. The van der Waals surface area contributed by atoms with E-state index in [4.69, 9.17) is 4.98 Å². The molecule has 1 atom stereocenters. The van der Waals surface area contributed by atoms with Gasteiger partial charge in [-0.2, -0.15) is 0 Å². The van der Waals surface area contributed by atoms with Crippen LogP contribution in [0.2, 0.25) is 0 Å². The van der Waals surface area contributed by atoms with Crippen molar-refractivity contribution in [1.82, 2.24) is 14.3 Å². The molecule has 1 aromatic carbocycles. The molecule has 25 heavy (non-hydrogen) atoms. The van der Waals surface area contributed by atoms with Crippen molar-refractivity contribution in [2.45, 2.75) is 32.7 Å². The maximum absolute atomic E-state index is 12.9. The van der Waals surface area contributed by atoms with E-state index < -0.39 is 0 Å². The Morgan fingerprint density at radius 3 is 3.04 bits per heavy atom. The SMILES string of the molecule is Cc1ccc(C)c(-c2cn3c(C(=O)N4CCC[C@H]4CO)csc3n2)c1. The number of carbonyl (C=O) groups is 1. The average molecular weight is 355 g/mol. The molecule has 1 fully saturated rings. The molecule has 0 spiro atoms. The molecule has 5 nitrogen and oxygen atoms in total. The number of benzene rings is 1. The number of rotatable bonds is 3. The lowest BCUT2D eigenvalue weighted by Gasteiger charge is -2.22. The standard InChI is InChI=1S/C19H21N3O2S/c1-12-5-6-13(2)15(8-12)16-9-22-17(11-25-19(22)20-16)18(24)21-7-3-4-14(21)10-23/h5-6,8-9,11,14,23H,3-4,7,10H2,1-2H3/t14-/m0/s1. The first-order valence-electron chi connectivity index (χ1n) is 8.54. The van der Waals surface area contributed by atoms with Crippen LogP contribution in [0.4, 0.5) is 0 Å². The largest absolute Gasteiger partial charge is 0.394 e. The summed E-state index contributed by atoms with van der Waals surface area (Å²) in [6, 6.07) is 6.25. The minimum atomic E-state index is -0.0653. The van der Waals surface area contributed by atoms with Gasteiger partial charge in [0, 0.05) is 23.7 Å². The molecule has 0 unspecified atom stereocenters. The van der Waals surface area contributed by atoms with Gasteiger partial charge in [-0.3, -0.25) is 9.20 Å². The lowest BCUT2D eigenvalue weighted by atomic mass is 10.0. The number of thiazole rings is 1. The minimum absolute atomic E-state index is 0.0206. The highest BCUT2D eigenvalue weighted by molar-refractivity contribution is 7.15. The van der Waals surface area contributed by atoms with E-state index >= 15 is 0 Å².